The largest absolute Gasteiger partial charge is 0.355 e. The zero-order chi connectivity index (χ0) is 13.3. The molecule has 1 amide bonds. The summed E-state index contributed by atoms with van der Waals surface area (Å²) in [5.41, 5.74) is 5.64. The van der Waals surface area contributed by atoms with Crippen LogP contribution in [-0.4, -0.2) is 42.5 Å². The Morgan fingerprint density at radius 1 is 1.29 bits per heavy atom. The molecule has 1 atom stereocenters. The maximum Gasteiger partial charge on any atom is 0.237 e. The molecule has 0 radical (unpaired) electrons. The van der Waals surface area contributed by atoms with Crippen LogP contribution < -0.4 is 11.1 Å². The van der Waals surface area contributed by atoms with Crippen LogP contribution in [0.25, 0.3) is 0 Å². The van der Waals surface area contributed by atoms with E-state index >= 15 is 0 Å². The third-order valence-corrected chi connectivity index (χ3v) is 3.22. The van der Waals surface area contributed by atoms with Gasteiger partial charge in [-0.1, -0.05) is 20.8 Å². The van der Waals surface area contributed by atoms with E-state index in [1.54, 1.807) is 0 Å². The van der Waals surface area contributed by atoms with Crippen LogP contribution in [0.1, 0.15) is 47.0 Å². The highest BCUT2D eigenvalue weighted by molar-refractivity contribution is 5.81. The standard InChI is InChI=1S/C13H29N3O/c1-5-9-15-13(17)11(4)16(10-8-14)12(6-2)7-3/h11-12H,5-10,14H2,1-4H3,(H,15,17). The van der Waals surface area contributed by atoms with Crippen LogP contribution in [0, 0.1) is 0 Å². The number of carbonyl (C=O) groups is 1. The second-order valence-corrected chi connectivity index (χ2v) is 4.46. The number of hydrogen-bond donors (Lipinski definition) is 2. The first-order valence-electron chi connectivity index (χ1n) is 6.85. The number of nitrogens with zero attached hydrogens (tertiary/aromatic N) is 1. The van der Waals surface area contributed by atoms with Crippen molar-refractivity contribution < 1.29 is 4.79 Å². The number of rotatable bonds is 9. The van der Waals surface area contributed by atoms with Gasteiger partial charge in [0.2, 0.25) is 5.91 Å². The number of hydrogen-bond acceptors (Lipinski definition) is 3. The Morgan fingerprint density at radius 3 is 2.29 bits per heavy atom. The zero-order valence-corrected chi connectivity index (χ0v) is 11.8. The third kappa shape index (κ3) is 5.50. The fourth-order valence-corrected chi connectivity index (χ4v) is 2.15. The molecule has 1 unspecified atom stereocenters. The summed E-state index contributed by atoms with van der Waals surface area (Å²) < 4.78 is 0. The summed E-state index contributed by atoms with van der Waals surface area (Å²) in [5.74, 6) is 0.118. The van der Waals surface area contributed by atoms with E-state index in [0.29, 0.717) is 12.6 Å². The Morgan fingerprint density at radius 2 is 1.88 bits per heavy atom. The van der Waals surface area contributed by atoms with Crippen LogP contribution in [0.2, 0.25) is 0 Å². The van der Waals surface area contributed by atoms with Gasteiger partial charge in [-0.2, -0.15) is 0 Å². The van der Waals surface area contributed by atoms with E-state index in [1.165, 1.54) is 0 Å². The van der Waals surface area contributed by atoms with Gasteiger partial charge in [0.05, 0.1) is 6.04 Å². The molecule has 0 fully saturated rings. The Kier molecular flexibility index (Phi) is 9.09. The van der Waals surface area contributed by atoms with Crippen molar-refractivity contribution in [1.29, 1.82) is 0 Å². The van der Waals surface area contributed by atoms with Crippen LogP contribution in [-0.2, 0) is 4.79 Å². The van der Waals surface area contributed by atoms with Gasteiger partial charge < -0.3 is 11.1 Å². The molecule has 17 heavy (non-hydrogen) atoms. The molecule has 0 aromatic carbocycles. The lowest BCUT2D eigenvalue weighted by molar-refractivity contribution is -0.126. The summed E-state index contributed by atoms with van der Waals surface area (Å²) in [4.78, 5) is 14.2. The molecular weight excluding hydrogens is 214 g/mol. The third-order valence-electron chi connectivity index (χ3n) is 3.22. The average Bonchev–Trinajstić information content (AvgIpc) is 2.35. The Bertz CT molecular complexity index is 205. The Hall–Kier alpha value is -0.610. The molecule has 0 aliphatic rings. The van der Waals surface area contributed by atoms with E-state index in [0.717, 1.165) is 32.4 Å². The smallest absolute Gasteiger partial charge is 0.237 e. The topological polar surface area (TPSA) is 58.4 Å². The molecule has 0 spiro atoms. The molecule has 0 saturated heterocycles. The molecule has 4 heteroatoms. The van der Waals surface area contributed by atoms with Crippen LogP contribution in [0.15, 0.2) is 0 Å². The van der Waals surface area contributed by atoms with Crippen molar-refractivity contribution in [2.45, 2.75) is 59.0 Å². The van der Waals surface area contributed by atoms with E-state index in [-0.39, 0.29) is 11.9 Å². The van der Waals surface area contributed by atoms with Gasteiger partial charge in [0, 0.05) is 25.7 Å². The second-order valence-electron chi connectivity index (χ2n) is 4.46. The minimum atomic E-state index is -0.0880. The Labute approximate surface area is 106 Å². The van der Waals surface area contributed by atoms with Gasteiger partial charge in [0.15, 0.2) is 0 Å². The summed E-state index contributed by atoms with van der Waals surface area (Å²) in [6, 6.07) is 0.357. The first-order chi connectivity index (χ1) is 8.12. The second kappa shape index (κ2) is 9.42. The summed E-state index contributed by atoms with van der Waals surface area (Å²) in [6.07, 6.45) is 3.09. The molecule has 0 aliphatic heterocycles. The van der Waals surface area contributed by atoms with Gasteiger partial charge in [0.25, 0.3) is 0 Å². The van der Waals surface area contributed by atoms with Crippen LogP contribution in [0.3, 0.4) is 0 Å². The lowest BCUT2D eigenvalue weighted by Gasteiger charge is -2.34. The van der Waals surface area contributed by atoms with Gasteiger partial charge in [-0.15, -0.1) is 0 Å². The molecule has 4 nitrogen and oxygen atoms in total. The van der Waals surface area contributed by atoms with Gasteiger partial charge in [-0.3, -0.25) is 9.69 Å². The van der Waals surface area contributed by atoms with E-state index < -0.39 is 0 Å². The van der Waals surface area contributed by atoms with Crippen molar-refractivity contribution in [3.63, 3.8) is 0 Å². The van der Waals surface area contributed by atoms with Crippen LogP contribution >= 0.6 is 0 Å². The normalized spacial score (nSPS) is 13.1. The van der Waals surface area contributed by atoms with Gasteiger partial charge in [0.1, 0.15) is 0 Å². The minimum absolute atomic E-state index is 0.0880. The van der Waals surface area contributed by atoms with E-state index in [2.05, 4.69) is 31.0 Å². The van der Waals surface area contributed by atoms with Gasteiger partial charge >= 0.3 is 0 Å². The summed E-state index contributed by atoms with van der Waals surface area (Å²) >= 11 is 0. The summed E-state index contributed by atoms with van der Waals surface area (Å²) in [5, 5.41) is 2.95. The number of amides is 1. The van der Waals surface area contributed by atoms with Crippen molar-refractivity contribution in [2.75, 3.05) is 19.6 Å². The fraction of sp³-hybridized carbons (Fsp3) is 0.923. The van der Waals surface area contributed by atoms with E-state index in [4.69, 9.17) is 5.73 Å². The highest BCUT2D eigenvalue weighted by atomic mass is 16.2. The van der Waals surface area contributed by atoms with Crippen molar-refractivity contribution in [1.82, 2.24) is 10.2 Å². The van der Waals surface area contributed by atoms with E-state index in [1.807, 2.05) is 6.92 Å². The predicted octanol–water partition coefficient (Wildman–Crippen LogP) is 1.35. The molecule has 102 valence electrons. The number of carbonyl (C=O) groups excluding carboxylic acids is 1. The zero-order valence-electron chi connectivity index (χ0n) is 11.8. The minimum Gasteiger partial charge on any atom is -0.355 e. The highest BCUT2D eigenvalue weighted by Gasteiger charge is 2.25. The molecule has 0 saturated carbocycles. The summed E-state index contributed by atoms with van der Waals surface area (Å²) in [7, 11) is 0. The SMILES string of the molecule is CCCNC(=O)C(C)N(CCN)C(CC)CC. The molecule has 0 rings (SSSR count). The van der Waals surface area contributed by atoms with Crippen molar-refractivity contribution >= 4 is 5.91 Å². The van der Waals surface area contributed by atoms with Gasteiger partial charge in [-0.25, -0.2) is 0 Å². The predicted molar refractivity (Wildman–Crippen MR) is 72.9 cm³/mol. The lowest BCUT2D eigenvalue weighted by Crippen LogP contribution is -2.51. The first-order valence-corrected chi connectivity index (χ1v) is 6.85. The molecule has 0 aliphatic carbocycles. The molecule has 0 heterocycles. The molecule has 0 aromatic rings. The van der Waals surface area contributed by atoms with Crippen molar-refractivity contribution in [3.8, 4) is 0 Å². The van der Waals surface area contributed by atoms with Crippen LogP contribution in [0.4, 0.5) is 0 Å². The number of nitrogens with two attached hydrogens (primary N) is 1. The lowest BCUT2D eigenvalue weighted by atomic mass is 10.1. The average molecular weight is 243 g/mol. The molecule has 0 aromatic heterocycles. The molecular formula is C13H29N3O. The first kappa shape index (κ1) is 16.4. The summed E-state index contributed by atoms with van der Waals surface area (Å²) in [6.45, 7) is 10.5. The maximum atomic E-state index is 12.0. The molecule has 3 N–H and O–H groups in total. The van der Waals surface area contributed by atoms with E-state index in [9.17, 15) is 4.79 Å². The van der Waals surface area contributed by atoms with Crippen molar-refractivity contribution in [3.05, 3.63) is 0 Å². The van der Waals surface area contributed by atoms with Crippen LogP contribution in [0.5, 0.6) is 0 Å². The number of nitrogens with one attached hydrogen (secondary N) is 1. The Balaban J connectivity index is 4.50. The molecule has 0 bridgehead atoms. The van der Waals surface area contributed by atoms with Gasteiger partial charge in [-0.05, 0) is 26.2 Å². The highest BCUT2D eigenvalue weighted by Crippen LogP contribution is 2.12. The fourth-order valence-electron chi connectivity index (χ4n) is 2.15. The maximum absolute atomic E-state index is 12.0. The van der Waals surface area contributed by atoms with Crippen molar-refractivity contribution in [2.24, 2.45) is 5.73 Å². The quantitative estimate of drug-likeness (QED) is 0.643. The monoisotopic (exact) mass is 243 g/mol.